The van der Waals surface area contributed by atoms with Crippen molar-refractivity contribution in [2.24, 2.45) is 0 Å². The average Bonchev–Trinajstić information content (AvgIpc) is 2.95. The molecule has 0 aliphatic heterocycles. The fraction of sp³-hybridized carbons (Fsp3) is 0.222. The molecular weight excluding hydrogens is 318 g/mol. The number of hydrogen-bond donors (Lipinski definition) is 1. The van der Waals surface area contributed by atoms with E-state index in [0.717, 1.165) is 22.7 Å². The zero-order valence-electron chi connectivity index (χ0n) is 14.4. The second-order valence-corrected chi connectivity index (χ2v) is 5.63. The number of carbonyl (C=O) groups is 1. The first kappa shape index (κ1) is 16.6. The Bertz CT molecular complexity index is 869. The van der Waals surface area contributed by atoms with Gasteiger partial charge in [0.15, 0.2) is 0 Å². The number of ether oxygens (including phenoxy) is 1. The number of nitrogens with one attached hydrogen (secondary N) is 1. The molecule has 25 heavy (non-hydrogen) atoms. The summed E-state index contributed by atoms with van der Waals surface area (Å²) in [5.74, 6) is 1.15. The first-order chi connectivity index (χ1) is 12.1. The third-order valence-electron chi connectivity index (χ3n) is 3.91. The van der Waals surface area contributed by atoms with E-state index in [4.69, 9.17) is 4.74 Å². The highest BCUT2D eigenvalue weighted by Gasteiger charge is 2.08. The van der Waals surface area contributed by atoms with Crippen molar-refractivity contribution in [1.29, 1.82) is 0 Å². The van der Waals surface area contributed by atoms with E-state index in [1.807, 2.05) is 38.1 Å². The number of nitrogens with zero attached hydrogens (tertiary/aromatic N) is 4. The molecule has 1 N–H and O–H groups in total. The van der Waals surface area contributed by atoms with E-state index in [2.05, 4.69) is 20.3 Å². The molecule has 3 aromatic rings. The van der Waals surface area contributed by atoms with Crippen LogP contribution < -0.4 is 10.1 Å². The van der Waals surface area contributed by atoms with Gasteiger partial charge in [-0.15, -0.1) is 0 Å². The Kier molecular flexibility index (Phi) is 4.74. The maximum atomic E-state index is 12.1. The van der Waals surface area contributed by atoms with Gasteiger partial charge in [0.1, 0.15) is 12.1 Å². The van der Waals surface area contributed by atoms with Gasteiger partial charge >= 0.3 is 0 Å². The number of aryl methyl sites for hydroxylation is 1. The highest BCUT2D eigenvalue weighted by molar-refractivity contribution is 5.91. The highest BCUT2D eigenvalue weighted by atomic mass is 16.5. The number of anilines is 1. The van der Waals surface area contributed by atoms with Crippen molar-refractivity contribution >= 4 is 11.6 Å². The molecule has 0 atom stereocenters. The van der Waals surface area contributed by atoms with Crippen LogP contribution in [0.1, 0.15) is 17.0 Å². The molecule has 0 aliphatic rings. The lowest BCUT2D eigenvalue weighted by Gasteiger charge is -2.07. The maximum absolute atomic E-state index is 12.1. The molecule has 0 spiro atoms. The molecule has 7 heteroatoms. The fourth-order valence-electron chi connectivity index (χ4n) is 2.34. The Hall–Kier alpha value is -3.22. The van der Waals surface area contributed by atoms with Gasteiger partial charge in [-0.05, 0) is 31.5 Å². The topological polar surface area (TPSA) is 81.9 Å². The summed E-state index contributed by atoms with van der Waals surface area (Å²) in [7, 11) is 1.61. The number of imidazole rings is 1. The maximum Gasteiger partial charge on any atom is 0.235 e. The van der Waals surface area contributed by atoms with E-state index in [0.29, 0.717) is 11.6 Å². The Balaban J connectivity index is 1.64. The van der Waals surface area contributed by atoms with Crippen molar-refractivity contribution in [2.45, 2.75) is 20.3 Å². The molecule has 0 aliphatic carbocycles. The molecule has 7 nitrogen and oxygen atoms in total. The van der Waals surface area contributed by atoms with Crippen molar-refractivity contribution in [1.82, 2.24) is 19.5 Å². The van der Waals surface area contributed by atoms with Crippen LogP contribution in [0.4, 0.5) is 5.69 Å². The summed E-state index contributed by atoms with van der Waals surface area (Å²) in [6.45, 7) is 3.88. The molecule has 128 valence electrons. The molecule has 1 amide bonds. The lowest BCUT2D eigenvalue weighted by Crippen LogP contribution is -2.15. The van der Waals surface area contributed by atoms with Crippen LogP contribution in [-0.2, 0) is 11.2 Å². The second-order valence-electron chi connectivity index (χ2n) is 5.63. The second kappa shape index (κ2) is 7.12. The van der Waals surface area contributed by atoms with Crippen LogP contribution in [0.3, 0.4) is 0 Å². The van der Waals surface area contributed by atoms with Gasteiger partial charge in [0.25, 0.3) is 0 Å². The fourth-order valence-corrected chi connectivity index (χ4v) is 2.34. The zero-order valence-corrected chi connectivity index (χ0v) is 14.4. The lowest BCUT2D eigenvalue weighted by atomic mass is 10.1. The minimum Gasteiger partial charge on any atom is -0.497 e. The van der Waals surface area contributed by atoms with Crippen molar-refractivity contribution in [3.05, 3.63) is 59.9 Å². The van der Waals surface area contributed by atoms with Gasteiger partial charge in [0, 0.05) is 5.69 Å². The SMILES string of the molecule is COc1ccc(CC(=O)Nc2cnc(-n3cnc(C)c3C)nc2)cc1. The van der Waals surface area contributed by atoms with Crippen molar-refractivity contribution in [3.63, 3.8) is 0 Å². The number of hydrogen-bond acceptors (Lipinski definition) is 5. The van der Waals surface area contributed by atoms with Crippen molar-refractivity contribution in [2.75, 3.05) is 12.4 Å². The zero-order chi connectivity index (χ0) is 17.8. The third-order valence-corrected chi connectivity index (χ3v) is 3.91. The van der Waals surface area contributed by atoms with E-state index < -0.39 is 0 Å². The predicted octanol–water partition coefficient (Wildman–Crippen LogP) is 2.47. The smallest absolute Gasteiger partial charge is 0.235 e. The quantitative estimate of drug-likeness (QED) is 0.773. The normalized spacial score (nSPS) is 10.5. The summed E-state index contributed by atoms with van der Waals surface area (Å²) in [5, 5.41) is 2.80. The molecule has 1 aromatic carbocycles. The Labute approximate surface area is 145 Å². The monoisotopic (exact) mass is 337 g/mol. The molecule has 2 aromatic heterocycles. The largest absolute Gasteiger partial charge is 0.497 e. The predicted molar refractivity (Wildman–Crippen MR) is 94.0 cm³/mol. The van der Waals surface area contributed by atoms with Crippen LogP contribution in [0.5, 0.6) is 5.75 Å². The van der Waals surface area contributed by atoms with Crippen LogP contribution in [0.15, 0.2) is 43.0 Å². The molecule has 0 saturated carbocycles. The molecule has 3 rings (SSSR count). The van der Waals surface area contributed by atoms with Crippen molar-refractivity contribution < 1.29 is 9.53 Å². The number of rotatable bonds is 5. The van der Waals surface area contributed by atoms with Gasteiger partial charge in [-0.3, -0.25) is 9.36 Å². The molecule has 0 bridgehead atoms. The number of benzene rings is 1. The molecule has 0 fully saturated rings. The first-order valence-corrected chi connectivity index (χ1v) is 7.82. The summed E-state index contributed by atoms with van der Waals surface area (Å²) in [6, 6.07) is 7.39. The average molecular weight is 337 g/mol. The molecule has 2 heterocycles. The number of aromatic nitrogens is 4. The van der Waals surface area contributed by atoms with E-state index in [-0.39, 0.29) is 12.3 Å². The summed E-state index contributed by atoms with van der Waals surface area (Å²) in [4.78, 5) is 24.9. The van der Waals surface area contributed by atoms with Crippen LogP contribution in [0.2, 0.25) is 0 Å². The van der Waals surface area contributed by atoms with Gasteiger partial charge in [0.05, 0.1) is 37.3 Å². The van der Waals surface area contributed by atoms with E-state index in [1.165, 1.54) is 0 Å². The van der Waals surface area contributed by atoms with E-state index >= 15 is 0 Å². The van der Waals surface area contributed by atoms with Crippen LogP contribution in [0.25, 0.3) is 5.95 Å². The summed E-state index contributed by atoms with van der Waals surface area (Å²) in [6.07, 6.45) is 5.12. The number of carbonyl (C=O) groups excluding carboxylic acids is 1. The van der Waals surface area contributed by atoms with Gasteiger partial charge in [-0.25, -0.2) is 15.0 Å². The molecule has 0 radical (unpaired) electrons. The van der Waals surface area contributed by atoms with E-state index in [1.54, 1.807) is 30.4 Å². The van der Waals surface area contributed by atoms with Gasteiger partial charge in [-0.2, -0.15) is 0 Å². The van der Waals surface area contributed by atoms with Crippen LogP contribution in [0, 0.1) is 13.8 Å². The summed E-state index contributed by atoms with van der Waals surface area (Å²) in [5.41, 5.74) is 3.37. The molecular formula is C18H19N5O2. The highest BCUT2D eigenvalue weighted by Crippen LogP contribution is 2.13. The Morgan fingerprint density at radius 1 is 1.12 bits per heavy atom. The number of methoxy groups -OCH3 is 1. The third kappa shape index (κ3) is 3.82. The summed E-state index contributed by atoms with van der Waals surface area (Å²) < 4.78 is 6.91. The minimum atomic E-state index is -0.129. The Morgan fingerprint density at radius 2 is 1.80 bits per heavy atom. The summed E-state index contributed by atoms with van der Waals surface area (Å²) >= 11 is 0. The van der Waals surface area contributed by atoms with Gasteiger partial charge < -0.3 is 10.1 Å². The Morgan fingerprint density at radius 3 is 2.36 bits per heavy atom. The standard InChI is InChI=1S/C18H19N5O2/c1-12-13(2)23(11-21-12)18-19-9-15(10-20-18)22-17(24)8-14-4-6-16(25-3)7-5-14/h4-7,9-11H,8H2,1-3H3,(H,22,24). The number of amides is 1. The molecule has 0 unspecified atom stereocenters. The minimum absolute atomic E-state index is 0.129. The van der Waals surface area contributed by atoms with Crippen molar-refractivity contribution in [3.8, 4) is 11.7 Å². The van der Waals surface area contributed by atoms with E-state index in [9.17, 15) is 4.79 Å². The first-order valence-electron chi connectivity index (χ1n) is 7.82. The van der Waals surface area contributed by atoms with Crippen LogP contribution in [-0.4, -0.2) is 32.5 Å². The van der Waals surface area contributed by atoms with Gasteiger partial charge in [-0.1, -0.05) is 12.1 Å². The molecule has 0 saturated heterocycles. The lowest BCUT2D eigenvalue weighted by molar-refractivity contribution is -0.115. The van der Waals surface area contributed by atoms with Crippen LogP contribution >= 0.6 is 0 Å². The van der Waals surface area contributed by atoms with Gasteiger partial charge in [0.2, 0.25) is 11.9 Å².